The molecular weight excluding hydrogens is 366 g/mol. The molecule has 0 aromatic rings. The van der Waals surface area contributed by atoms with Gasteiger partial charge in [0, 0.05) is 65.9 Å². The summed E-state index contributed by atoms with van der Waals surface area (Å²) < 4.78 is 22.4. The standard InChI is InChI=1S/C24H50NO4/c1-3-5-17-26-21-11-13-23-28-19-9-7-15-25-16-8-10-20-29-24-14-12-22-27-18-6-4-2/h3-24H2,1-2H3. The highest BCUT2D eigenvalue weighted by molar-refractivity contribution is 4.49. The summed E-state index contributed by atoms with van der Waals surface area (Å²) in [5.41, 5.74) is 0. The van der Waals surface area contributed by atoms with Crippen molar-refractivity contribution in [3.05, 3.63) is 0 Å². The van der Waals surface area contributed by atoms with Crippen LogP contribution in [0.5, 0.6) is 0 Å². The Labute approximate surface area is 181 Å². The van der Waals surface area contributed by atoms with Gasteiger partial charge in [0.2, 0.25) is 0 Å². The molecule has 0 aromatic carbocycles. The Hall–Kier alpha value is -0.200. The van der Waals surface area contributed by atoms with E-state index in [9.17, 15) is 0 Å². The van der Waals surface area contributed by atoms with Crippen LogP contribution in [0.15, 0.2) is 0 Å². The van der Waals surface area contributed by atoms with Crippen LogP contribution >= 0.6 is 0 Å². The fraction of sp³-hybridized carbons (Fsp3) is 1.00. The normalized spacial score (nSPS) is 11.4. The number of hydrogen-bond acceptors (Lipinski definition) is 4. The van der Waals surface area contributed by atoms with Crippen molar-refractivity contribution in [3.8, 4) is 0 Å². The van der Waals surface area contributed by atoms with Crippen LogP contribution in [0.25, 0.3) is 0 Å². The van der Waals surface area contributed by atoms with Gasteiger partial charge in [-0.1, -0.05) is 26.7 Å². The van der Waals surface area contributed by atoms with E-state index in [1.165, 1.54) is 25.7 Å². The number of nitrogens with zero attached hydrogens (tertiary/aromatic N) is 1. The molecule has 0 fully saturated rings. The Morgan fingerprint density at radius 1 is 0.379 bits per heavy atom. The van der Waals surface area contributed by atoms with Gasteiger partial charge in [0.25, 0.3) is 0 Å². The van der Waals surface area contributed by atoms with E-state index in [2.05, 4.69) is 19.2 Å². The van der Waals surface area contributed by atoms with Crippen LogP contribution < -0.4 is 5.32 Å². The predicted molar refractivity (Wildman–Crippen MR) is 122 cm³/mol. The zero-order valence-electron chi connectivity index (χ0n) is 19.6. The predicted octanol–water partition coefficient (Wildman–Crippen LogP) is 5.38. The van der Waals surface area contributed by atoms with Gasteiger partial charge >= 0.3 is 0 Å². The molecule has 0 aromatic heterocycles. The van der Waals surface area contributed by atoms with Crippen LogP contribution in [0.2, 0.25) is 0 Å². The molecule has 0 heterocycles. The van der Waals surface area contributed by atoms with E-state index in [4.69, 9.17) is 18.9 Å². The second-order valence-corrected chi connectivity index (χ2v) is 7.66. The third-order valence-electron chi connectivity index (χ3n) is 4.65. The highest BCUT2D eigenvalue weighted by atomic mass is 16.5. The van der Waals surface area contributed by atoms with E-state index >= 15 is 0 Å². The second-order valence-electron chi connectivity index (χ2n) is 7.66. The molecule has 0 atom stereocenters. The maximum atomic E-state index is 5.66. The van der Waals surface area contributed by atoms with Crippen LogP contribution in [0, 0.1) is 0 Å². The zero-order chi connectivity index (χ0) is 21.1. The molecule has 0 unspecified atom stereocenters. The first-order valence-electron chi connectivity index (χ1n) is 12.4. The maximum absolute atomic E-state index is 5.66. The third kappa shape index (κ3) is 27.8. The molecule has 0 amide bonds. The van der Waals surface area contributed by atoms with Gasteiger partial charge in [0.05, 0.1) is 0 Å². The summed E-state index contributed by atoms with van der Waals surface area (Å²) in [5.74, 6) is 0. The monoisotopic (exact) mass is 416 g/mol. The van der Waals surface area contributed by atoms with Crippen molar-refractivity contribution < 1.29 is 18.9 Å². The molecule has 0 rings (SSSR count). The molecule has 0 saturated heterocycles. The van der Waals surface area contributed by atoms with Crippen LogP contribution in [0.4, 0.5) is 0 Å². The molecule has 0 aliphatic heterocycles. The van der Waals surface area contributed by atoms with Gasteiger partial charge in [-0.15, -0.1) is 0 Å². The highest BCUT2D eigenvalue weighted by Crippen LogP contribution is 1.98. The maximum Gasteiger partial charge on any atom is 0.0466 e. The van der Waals surface area contributed by atoms with Crippen molar-refractivity contribution in [3.63, 3.8) is 0 Å². The first-order valence-corrected chi connectivity index (χ1v) is 12.4. The van der Waals surface area contributed by atoms with E-state index in [-0.39, 0.29) is 0 Å². The SMILES string of the molecule is CCCCOCCCCOCCCC[N]CCCCOCCCCOCCCC. The van der Waals surface area contributed by atoms with Gasteiger partial charge in [0.15, 0.2) is 0 Å². The van der Waals surface area contributed by atoms with Gasteiger partial charge in [-0.25, -0.2) is 5.32 Å². The molecule has 0 spiro atoms. The summed E-state index contributed by atoms with van der Waals surface area (Å²) >= 11 is 0. The summed E-state index contributed by atoms with van der Waals surface area (Å²) in [7, 11) is 0. The Balaban J connectivity index is 2.97. The summed E-state index contributed by atoms with van der Waals surface area (Å²) in [6.07, 6.45) is 13.7. The molecule has 0 N–H and O–H groups in total. The molecule has 5 heteroatoms. The Kier molecular flexibility index (Phi) is 27.6. The molecule has 0 aliphatic rings. The smallest absolute Gasteiger partial charge is 0.0466 e. The van der Waals surface area contributed by atoms with E-state index in [0.717, 1.165) is 117 Å². The lowest BCUT2D eigenvalue weighted by molar-refractivity contribution is 0.0993. The first kappa shape index (κ1) is 28.8. The second kappa shape index (κ2) is 27.8. The molecule has 0 bridgehead atoms. The molecule has 0 saturated carbocycles. The molecule has 175 valence electrons. The van der Waals surface area contributed by atoms with Gasteiger partial charge in [-0.05, 0) is 64.2 Å². The number of ether oxygens (including phenoxy) is 4. The average molecular weight is 417 g/mol. The van der Waals surface area contributed by atoms with Crippen LogP contribution in [-0.2, 0) is 18.9 Å². The summed E-state index contributed by atoms with van der Waals surface area (Å²) in [6.45, 7) is 13.3. The van der Waals surface area contributed by atoms with Crippen molar-refractivity contribution in [1.29, 1.82) is 0 Å². The minimum Gasteiger partial charge on any atom is -0.381 e. The Bertz CT molecular complexity index is 254. The fourth-order valence-corrected chi connectivity index (χ4v) is 2.68. The largest absolute Gasteiger partial charge is 0.381 e. The highest BCUT2D eigenvalue weighted by Gasteiger charge is 1.95. The van der Waals surface area contributed by atoms with E-state index in [1.54, 1.807) is 0 Å². The Morgan fingerprint density at radius 2 is 0.655 bits per heavy atom. The lowest BCUT2D eigenvalue weighted by Crippen LogP contribution is -2.10. The van der Waals surface area contributed by atoms with E-state index < -0.39 is 0 Å². The lowest BCUT2D eigenvalue weighted by Gasteiger charge is -2.06. The van der Waals surface area contributed by atoms with Crippen molar-refractivity contribution in [1.82, 2.24) is 5.32 Å². The van der Waals surface area contributed by atoms with Crippen molar-refractivity contribution in [2.24, 2.45) is 0 Å². The minimum atomic E-state index is 0.861. The van der Waals surface area contributed by atoms with E-state index in [1.807, 2.05) is 0 Å². The summed E-state index contributed by atoms with van der Waals surface area (Å²) in [6, 6.07) is 0. The molecule has 0 aliphatic carbocycles. The third-order valence-corrected chi connectivity index (χ3v) is 4.65. The van der Waals surface area contributed by atoms with Crippen LogP contribution in [0.3, 0.4) is 0 Å². The lowest BCUT2D eigenvalue weighted by atomic mass is 10.3. The fourth-order valence-electron chi connectivity index (χ4n) is 2.68. The van der Waals surface area contributed by atoms with Gasteiger partial charge in [-0.3, -0.25) is 0 Å². The van der Waals surface area contributed by atoms with Crippen LogP contribution in [0.1, 0.15) is 90.9 Å². The van der Waals surface area contributed by atoms with E-state index in [0.29, 0.717) is 0 Å². The molecule has 1 radical (unpaired) electrons. The molecule has 29 heavy (non-hydrogen) atoms. The molecule has 5 nitrogen and oxygen atoms in total. The summed E-state index contributed by atoms with van der Waals surface area (Å²) in [4.78, 5) is 0. The van der Waals surface area contributed by atoms with Crippen molar-refractivity contribution in [2.45, 2.75) is 90.9 Å². The zero-order valence-corrected chi connectivity index (χ0v) is 19.6. The minimum absolute atomic E-state index is 0.861. The van der Waals surface area contributed by atoms with Gasteiger partial charge in [0.1, 0.15) is 0 Å². The first-order chi connectivity index (χ1) is 14.4. The average Bonchev–Trinajstić information content (AvgIpc) is 2.74. The topological polar surface area (TPSA) is 51.0 Å². The number of rotatable bonds is 26. The van der Waals surface area contributed by atoms with Crippen molar-refractivity contribution >= 4 is 0 Å². The molecular formula is C24H50NO4. The summed E-state index contributed by atoms with van der Waals surface area (Å²) in [5, 5.41) is 4.59. The van der Waals surface area contributed by atoms with Crippen molar-refractivity contribution in [2.75, 3.05) is 65.9 Å². The Morgan fingerprint density at radius 3 is 0.966 bits per heavy atom. The number of unbranched alkanes of at least 4 members (excludes halogenated alkanes) is 6. The van der Waals surface area contributed by atoms with Gasteiger partial charge < -0.3 is 18.9 Å². The number of hydrogen-bond donors (Lipinski definition) is 0. The van der Waals surface area contributed by atoms with Gasteiger partial charge in [-0.2, -0.15) is 0 Å². The quantitative estimate of drug-likeness (QED) is 0.178. The van der Waals surface area contributed by atoms with Crippen LogP contribution in [-0.4, -0.2) is 65.9 Å².